The van der Waals surface area contributed by atoms with Gasteiger partial charge < -0.3 is 5.11 Å². The first-order valence-corrected chi connectivity index (χ1v) is 8.30. The fourth-order valence-corrected chi connectivity index (χ4v) is 3.11. The zero-order valence-electron chi connectivity index (χ0n) is 13.8. The first-order valence-electron chi connectivity index (χ1n) is 7.92. The highest BCUT2D eigenvalue weighted by Gasteiger charge is 2.16. The van der Waals surface area contributed by atoms with E-state index in [1.165, 1.54) is 0 Å². The molecule has 0 saturated carbocycles. The summed E-state index contributed by atoms with van der Waals surface area (Å²) in [7, 11) is 0. The van der Waals surface area contributed by atoms with Crippen molar-refractivity contribution in [3.8, 4) is 22.8 Å². The van der Waals surface area contributed by atoms with Crippen molar-refractivity contribution in [1.29, 1.82) is 0 Å². The van der Waals surface area contributed by atoms with Gasteiger partial charge in [0.25, 0.3) is 0 Å². The lowest BCUT2D eigenvalue weighted by molar-refractivity contribution is 0.448. The molecular weight excluding hydrogens is 338 g/mol. The average Bonchev–Trinajstić information content (AvgIpc) is 3.19. The van der Waals surface area contributed by atoms with Crippen molar-refractivity contribution in [2.24, 2.45) is 0 Å². The van der Waals surface area contributed by atoms with Gasteiger partial charge in [-0.25, -0.2) is 4.98 Å². The minimum atomic E-state index is 0.159. The zero-order chi connectivity index (χ0) is 17.6. The molecule has 0 bridgehead atoms. The van der Waals surface area contributed by atoms with Crippen LogP contribution in [0.25, 0.3) is 27.8 Å². The fourth-order valence-electron chi connectivity index (χ4n) is 2.93. The van der Waals surface area contributed by atoms with Gasteiger partial charge >= 0.3 is 0 Å². The smallest absolute Gasteiger partial charge is 0.205 e. The van der Waals surface area contributed by atoms with Crippen LogP contribution < -0.4 is 0 Å². The van der Waals surface area contributed by atoms with Crippen LogP contribution in [0.15, 0.2) is 43.1 Å². The molecule has 0 saturated heterocycles. The number of hydrogen-bond donors (Lipinski definition) is 1. The lowest BCUT2D eigenvalue weighted by Gasteiger charge is -2.04. The predicted molar refractivity (Wildman–Crippen MR) is 97.2 cm³/mol. The van der Waals surface area contributed by atoms with Crippen molar-refractivity contribution in [3.05, 3.63) is 53.7 Å². The molecule has 6 nitrogen and oxygen atoms in total. The van der Waals surface area contributed by atoms with Gasteiger partial charge in [-0.05, 0) is 31.5 Å². The van der Waals surface area contributed by atoms with Crippen LogP contribution >= 0.6 is 11.6 Å². The van der Waals surface area contributed by atoms with Gasteiger partial charge in [0.1, 0.15) is 0 Å². The van der Waals surface area contributed by atoms with E-state index in [9.17, 15) is 5.11 Å². The summed E-state index contributed by atoms with van der Waals surface area (Å²) in [4.78, 5) is 8.79. The van der Waals surface area contributed by atoms with Crippen LogP contribution in [0.2, 0.25) is 5.02 Å². The van der Waals surface area contributed by atoms with Crippen LogP contribution in [-0.2, 0) is 6.54 Å². The maximum Gasteiger partial charge on any atom is 0.205 e. The van der Waals surface area contributed by atoms with Crippen LogP contribution in [0, 0.1) is 6.92 Å². The SMILES string of the molecule is CCn1cc(-n2cc3nc(-c4cncc(Cl)c4)cc(C)c3c2O)cn1. The Morgan fingerprint density at radius 1 is 1.16 bits per heavy atom. The third-order valence-corrected chi connectivity index (χ3v) is 4.38. The monoisotopic (exact) mass is 353 g/mol. The van der Waals surface area contributed by atoms with Crippen LogP contribution in [-0.4, -0.2) is 29.4 Å². The van der Waals surface area contributed by atoms with E-state index >= 15 is 0 Å². The number of aryl methyl sites for hydroxylation is 2. The normalized spacial score (nSPS) is 11.3. The molecule has 1 N–H and O–H groups in total. The summed E-state index contributed by atoms with van der Waals surface area (Å²) in [6, 6.07) is 3.75. The Morgan fingerprint density at radius 2 is 2.00 bits per heavy atom. The second-order valence-corrected chi connectivity index (χ2v) is 6.29. The standard InChI is InChI=1S/C18H16ClN5O/c1-3-23-9-14(8-21-23)24-10-16-17(18(24)25)11(2)4-15(22-16)12-5-13(19)7-20-6-12/h4-10,25H,3H2,1-2H3. The number of hydrogen-bond acceptors (Lipinski definition) is 4. The van der Waals surface area contributed by atoms with Gasteiger partial charge in [-0.2, -0.15) is 5.10 Å². The van der Waals surface area contributed by atoms with E-state index in [-0.39, 0.29) is 5.88 Å². The van der Waals surface area contributed by atoms with E-state index < -0.39 is 0 Å². The molecule has 7 heteroatoms. The fraction of sp³-hybridized carbons (Fsp3) is 0.167. The Balaban J connectivity index is 1.89. The Labute approximate surface area is 149 Å². The molecule has 0 unspecified atom stereocenters. The number of pyridine rings is 2. The van der Waals surface area contributed by atoms with Crippen molar-refractivity contribution >= 4 is 22.5 Å². The summed E-state index contributed by atoms with van der Waals surface area (Å²) < 4.78 is 3.51. The van der Waals surface area contributed by atoms with Crippen LogP contribution in [0.5, 0.6) is 5.88 Å². The lowest BCUT2D eigenvalue weighted by atomic mass is 10.1. The van der Waals surface area contributed by atoms with Crippen molar-refractivity contribution in [2.75, 3.05) is 0 Å². The van der Waals surface area contributed by atoms with Gasteiger partial charge in [-0.15, -0.1) is 0 Å². The molecule has 4 aromatic rings. The average molecular weight is 354 g/mol. The largest absolute Gasteiger partial charge is 0.494 e. The van der Waals surface area contributed by atoms with Gasteiger partial charge in [0.05, 0.1) is 33.5 Å². The number of rotatable bonds is 3. The molecule has 0 radical (unpaired) electrons. The topological polar surface area (TPSA) is 68.8 Å². The molecule has 0 atom stereocenters. The maximum atomic E-state index is 10.7. The van der Waals surface area contributed by atoms with E-state index in [1.54, 1.807) is 23.2 Å². The Bertz CT molecular complexity index is 1080. The van der Waals surface area contributed by atoms with E-state index in [1.807, 2.05) is 43.1 Å². The third kappa shape index (κ3) is 2.64. The number of nitrogens with zero attached hydrogens (tertiary/aromatic N) is 5. The van der Waals surface area contributed by atoms with E-state index in [2.05, 4.69) is 15.1 Å². The van der Waals surface area contributed by atoms with Crippen molar-refractivity contribution in [1.82, 2.24) is 24.3 Å². The highest BCUT2D eigenvalue weighted by Crippen LogP contribution is 2.34. The minimum Gasteiger partial charge on any atom is -0.494 e. The molecular formula is C18H16ClN5O. The third-order valence-electron chi connectivity index (χ3n) is 4.17. The minimum absolute atomic E-state index is 0.159. The number of aromatic hydroxyl groups is 1. The highest BCUT2D eigenvalue weighted by atomic mass is 35.5. The first-order chi connectivity index (χ1) is 12.1. The van der Waals surface area contributed by atoms with E-state index in [0.29, 0.717) is 10.5 Å². The molecule has 0 aliphatic heterocycles. The molecule has 4 aromatic heterocycles. The molecule has 0 aliphatic rings. The summed E-state index contributed by atoms with van der Waals surface area (Å²) in [6.45, 7) is 4.73. The second-order valence-electron chi connectivity index (χ2n) is 5.85. The molecule has 4 heterocycles. The molecule has 0 aliphatic carbocycles. The Kier molecular flexibility index (Phi) is 3.69. The first kappa shape index (κ1) is 15.7. The summed E-state index contributed by atoms with van der Waals surface area (Å²) in [5.74, 6) is 0.159. The molecule has 25 heavy (non-hydrogen) atoms. The van der Waals surface area contributed by atoms with Gasteiger partial charge in [0.15, 0.2) is 0 Å². The highest BCUT2D eigenvalue weighted by molar-refractivity contribution is 6.30. The number of halogens is 1. The zero-order valence-corrected chi connectivity index (χ0v) is 14.6. The van der Waals surface area contributed by atoms with E-state index in [0.717, 1.165) is 34.4 Å². The molecule has 0 fully saturated rings. The Hall–Kier alpha value is -2.86. The summed E-state index contributed by atoms with van der Waals surface area (Å²) in [6.07, 6.45) is 8.73. The maximum absolute atomic E-state index is 10.7. The van der Waals surface area contributed by atoms with Crippen molar-refractivity contribution < 1.29 is 5.11 Å². The summed E-state index contributed by atoms with van der Waals surface area (Å²) >= 11 is 6.03. The predicted octanol–water partition coefficient (Wildman–Crippen LogP) is 3.97. The van der Waals surface area contributed by atoms with Gasteiger partial charge in [-0.3, -0.25) is 14.2 Å². The molecule has 0 aromatic carbocycles. The quantitative estimate of drug-likeness (QED) is 0.605. The molecule has 4 rings (SSSR count). The molecule has 0 amide bonds. The van der Waals surface area contributed by atoms with Gasteiger partial charge in [0, 0.05) is 36.9 Å². The Morgan fingerprint density at radius 3 is 2.72 bits per heavy atom. The summed E-state index contributed by atoms with van der Waals surface area (Å²) in [5, 5.41) is 16.2. The van der Waals surface area contributed by atoms with Gasteiger partial charge in [-0.1, -0.05) is 11.6 Å². The van der Waals surface area contributed by atoms with Crippen LogP contribution in [0.1, 0.15) is 12.5 Å². The van der Waals surface area contributed by atoms with E-state index in [4.69, 9.17) is 11.6 Å². The summed E-state index contributed by atoms with van der Waals surface area (Å²) in [5.41, 5.74) is 4.03. The van der Waals surface area contributed by atoms with Gasteiger partial charge in [0.2, 0.25) is 5.88 Å². The number of aromatic nitrogens is 5. The second kappa shape index (κ2) is 5.89. The van der Waals surface area contributed by atoms with Crippen molar-refractivity contribution in [3.63, 3.8) is 0 Å². The van der Waals surface area contributed by atoms with Crippen LogP contribution in [0.3, 0.4) is 0 Å². The molecule has 126 valence electrons. The molecule has 0 spiro atoms. The number of fused-ring (bicyclic) bond motifs is 1. The lowest BCUT2D eigenvalue weighted by Crippen LogP contribution is -1.93. The van der Waals surface area contributed by atoms with Crippen molar-refractivity contribution in [2.45, 2.75) is 20.4 Å². The van der Waals surface area contributed by atoms with Crippen LogP contribution in [0.4, 0.5) is 0 Å².